The first-order valence-electron chi connectivity index (χ1n) is 7.75. The van der Waals surface area contributed by atoms with E-state index in [9.17, 15) is 10.1 Å². The smallest absolute Gasteiger partial charge is 0.287 e. The van der Waals surface area contributed by atoms with Gasteiger partial charge in [-0.15, -0.1) is 0 Å². The van der Waals surface area contributed by atoms with Crippen molar-refractivity contribution >= 4 is 11.5 Å². The van der Waals surface area contributed by atoms with E-state index in [0.717, 1.165) is 45.1 Å². The van der Waals surface area contributed by atoms with Gasteiger partial charge in [-0.05, 0) is 13.0 Å². The summed E-state index contributed by atoms with van der Waals surface area (Å²) in [6.07, 6.45) is 5.33. The van der Waals surface area contributed by atoms with E-state index in [4.69, 9.17) is 0 Å². The van der Waals surface area contributed by atoms with Crippen LogP contribution in [0.4, 0.5) is 11.5 Å². The zero-order valence-corrected chi connectivity index (χ0v) is 13.1. The molecular weight excluding hydrogens is 296 g/mol. The van der Waals surface area contributed by atoms with Crippen LogP contribution in [-0.2, 0) is 13.1 Å². The molecule has 0 bridgehead atoms. The highest BCUT2D eigenvalue weighted by atomic mass is 16.6. The molecule has 0 aromatic carbocycles. The third-order valence-electron chi connectivity index (χ3n) is 4.06. The molecule has 2 aromatic heterocycles. The van der Waals surface area contributed by atoms with Crippen LogP contribution in [0.5, 0.6) is 0 Å². The predicted octanol–water partition coefficient (Wildman–Crippen LogP) is 1.53. The molecule has 0 atom stereocenters. The summed E-state index contributed by atoms with van der Waals surface area (Å²) in [6.45, 7) is 7.49. The van der Waals surface area contributed by atoms with Crippen LogP contribution in [0.2, 0.25) is 0 Å². The first-order chi connectivity index (χ1) is 11.2. The molecule has 0 aliphatic carbocycles. The predicted molar refractivity (Wildman–Crippen MR) is 86.3 cm³/mol. The summed E-state index contributed by atoms with van der Waals surface area (Å²) in [4.78, 5) is 19.0. The monoisotopic (exact) mass is 316 g/mol. The second-order valence-corrected chi connectivity index (χ2v) is 5.60. The lowest BCUT2D eigenvalue weighted by Gasteiger charge is -2.35. The summed E-state index contributed by atoms with van der Waals surface area (Å²) in [5.41, 5.74) is 1.26. The number of aryl methyl sites for hydroxylation is 1. The molecule has 8 nitrogen and oxygen atoms in total. The minimum atomic E-state index is -0.425. The first kappa shape index (κ1) is 15.4. The van der Waals surface area contributed by atoms with Crippen molar-refractivity contribution < 1.29 is 4.92 Å². The molecule has 0 radical (unpaired) electrons. The van der Waals surface area contributed by atoms with Gasteiger partial charge in [-0.1, -0.05) is 0 Å². The average Bonchev–Trinajstić information content (AvgIpc) is 3.03. The molecule has 1 fully saturated rings. The molecule has 23 heavy (non-hydrogen) atoms. The van der Waals surface area contributed by atoms with Gasteiger partial charge in [0.05, 0.1) is 11.1 Å². The van der Waals surface area contributed by atoms with Gasteiger partial charge in [-0.3, -0.25) is 19.7 Å². The normalized spacial score (nSPS) is 15.8. The number of anilines is 1. The van der Waals surface area contributed by atoms with Gasteiger partial charge in [-0.25, -0.2) is 4.98 Å². The van der Waals surface area contributed by atoms with E-state index in [0.29, 0.717) is 0 Å². The Kier molecular flexibility index (Phi) is 4.52. The number of nitrogens with zero attached hydrogens (tertiary/aromatic N) is 6. The van der Waals surface area contributed by atoms with Crippen LogP contribution < -0.4 is 4.90 Å². The Morgan fingerprint density at radius 2 is 2.00 bits per heavy atom. The van der Waals surface area contributed by atoms with E-state index < -0.39 is 4.92 Å². The molecule has 2 aromatic rings. The van der Waals surface area contributed by atoms with Crippen molar-refractivity contribution in [3.05, 3.63) is 46.4 Å². The van der Waals surface area contributed by atoms with Crippen LogP contribution in [0.15, 0.2) is 30.7 Å². The Bertz CT molecular complexity index is 661. The molecule has 122 valence electrons. The van der Waals surface area contributed by atoms with E-state index in [-0.39, 0.29) is 5.69 Å². The highest BCUT2D eigenvalue weighted by molar-refractivity contribution is 5.43. The number of hydrogen-bond donors (Lipinski definition) is 0. The third kappa shape index (κ3) is 3.65. The number of rotatable bonds is 5. The van der Waals surface area contributed by atoms with Crippen LogP contribution in [-0.4, -0.2) is 50.8 Å². The maximum absolute atomic E-state index is 10.7. The number of hydrogen-bond acceptors (Lipinski definition) is 6. The quantitative estimate of drug-likeness (QED) is 0.615. The van der Waals surface area contributed by atoms with Crippen molar-refractivity contribution in [2.24, 2.45) is 0 Å². The van der Waals surface area contributed by atoms with Crippen LogP contribution in [0, 0.1) is 10.1 Å². The molecule has 0 unspecified atom stereocenters. The maximum Gasteiger partial charge on any atom is 0.287 e. The Labute approximate surface area is 134 Å². The second-order valence-electron chi connectivity index (χ2n) is 5.60. The molecule has 8 heteroatoms. The fraction of sp³-hybridized carbons (Fsp3) is 0.467. The third-order valence-corrected chi connectivity index (χ3v) is 4.06. The summed E-state index contributed by atoms with van der Waals surface area (Å²) in [6, 6.07) is 3.23. The van der Waals surface area contributed by atoms with Gasteiger partial charge in [0.15, 0.2) is 0 Å². The van der Waals surface area contributed by atoms with Crippen LogP contribution in [0.1, 0.15) is 12.5 Å². The van der Waals surface area contributed by atoms with Crippen LogP contribution in [0.3, 0.4) is 0 Å². The van der Waals surface area contributed by atoms with Gasteiger partial charge in [0, 0.05) is 57.1 Å². The van der Waals surface area contributed by atoms with Crippen molar-refractivity contribution in [1.29, 1.82) is 0 Å². The number of pyridine rings is 1. The molecule has 0 amide bonds. The molecule has 3 rings (SSSR count). The minimum Gasteiger partial charge on any atom is -0.354 e. The molecule has 3 heterocycles. The summed E-state index contributed by atoms with van der Waals surface area (Å²) in [7, 11) is 0. The summed E-state index contributed by atoms with van der Waals surface area (Å²) >= 11 is 0. The minimum absolute atomic E-state index is 0.0281. The molecule has 1 aliphatic rings. The van der Waals surface area contributed by atoms with Crippen LogP contribution in [0.25, 0.3) is 0 Å². The lowest BCUT2D eigenvalue weighted by atomic mass is 10.2. The standard InChI is InChI=1S/C15H20N6O2/c1-2-20-12-13(9-17-20)11-18-5-7-19(8-6-18)15-4-3-14(10-16-15)21(22)23/h3-4,9-10,12H,2,5-8,11H2,1H3. The van der Waals surface area contributed by atoms with Gasteiger partial charge in [0.2, 0.25) is 0 Å². The molecule has 1 aliphatic heterocycles. The number of piperazine rings is 1. The SMILES string of the molecule is CCn1cc(CN2CCN(c3ccc([N+](=O)[O-])cn3)CC2)cn1. The second kappa shape index (κ2) is 6.74. The highest BCUT2D eigenvalue weighted by Gasteiger charge is 2.19. The largest absolute Gasteiger partial charge is 0.354 e. The van der Waals surface area contributed by atoms with Crippen molar-refractivity contribution in [3.63, 3.8) is 0 Å². The highest BCUT2D eigenvalue weighted by Crippen LogP contribution is 2.18. The lowest BCUT2D eigenvalue weighted by molar-refractivity contribution is -0.385. The number of nitro groups is 1. The van der Waals surface area contributed by atoms with Crippen molar-refractivity contribution in [2.45, 2.75) is 20.0 Å². The molecule has 1 saturated heterocycles. The van der Waals surface area contributed by atoms with E-state index in [1.165, 1.54) is 17.8 Å². The molecule has 0 N–H and O–H groups in total. The van der Waals surface area contributed by atoms with Crippen LogP contribution >= 0.6 is 0 Å². The number of aromatic nitrogens is 3. The Morgan fingerprint density at radius 1 is 1.22 bits per heavy atom. The average molecular weight is 316 g/mol. The summed E-state index contributed by atoms with van der Waals surface area (Å²) in [5.74, 6) is 0.800. The zero-order valence-electron chi connectivity index (χ0n) is 13.1. The topological polar surface area (TPSA) is 80.3 Å². The molecule has 0 spiro atoms. The van der Waals surface area contributed by atoms with Gasteiger partial charge >= 0.3 is 0 Å². The molecular formula is C15H20N6O2. The van der Waals surface area contributed by atoms with Gasteiger partial charge in [0.25, 0.3) is 5.69 Å². The fourth-order valence-corrected chi connectivity index (χ4v) is 2.73. The Morgan fingerprint density at radius 3 is 2.57 bits per heavy atom. The fourth-order valence-electron chi connectivity index (χ4n) is 2.73. The molecule has 0 saturated carbocycles. The van der Waals surface area contributed by atoms with Gasteiger partial charge < -0.3 is 4.90 Å². The summed E-state index contributed by atoms with van der Waals surface area (Å²) in [5, 5.41) is 15.0. The Hall–Kier alpha value is -2.48. The van der Waals surface area contributed by atoms with Crippen molar-refractivity contribution in [1.82, 2.24) is 19.7 Å². The first-order valence-corrected chi connectivity index (χ1v) is 7.75. The van der Waals surface area contributed by atoms with Gasteiger partial charge in [-0.2, -0.15) is 5.10 Å². The summed E-state index contributed by atoms with van der Waals surface area (Å²) < 4.78 is 1.94. The zero-order chi connectivity index (χ0) is 16.2. The van der Waals surface area contributed by atoms with Crippen molar-refractivity contribution in [3.8, 4) is 0 Å². The Balaban J connectivity index is 1.54. The van der Waals surface area contributed by atoms with Crippen molar-refractivity contribution in [2.75, 3.05) is 31.1 Å². The van der Waals surface area contributed by atoms with E-state index >= 15 is 0 Å². The van der Waals surface area contributed by atoms with Gasteiger partial charge in [0.1, 0.15) is 12.0 Å². The van der Waals surface area contributed by atoms with E-state index in [1.54, 1.807) is 6.07 Å². The van der Waals surface area contributed by atoms with E-state index in [2.05, 4.69) is 33.0 Å². The maximum atomic E-state index is 10.7. The lowest BCUT2D eigenvalue weighted by Crippen LogP contribution is -2.46. The van der Waals surface area contributed by atoms with E-state index in [1.807, 2.05) is 10.9 Å².